The van der Waals surface area contributed by atoms with Crippen LogP contribution < -0.4 is 10.6 Å². The average molecular weight is 435 g/mol. The molecule has 3 heterocycles. The van der Waals surface area contributed by atoms with Gasteiger partial charge in [-0.3, -0.25) is 5.32 Å². The number of rotatable bonds is 7. The summed E-state index contributed by atoms with van der Waals surface area (Å²) >= 11 is 0. The van der Waals surface area contributed by atoms with E-state index in [1.165, 1.54) is 11.1 Å². The summed E-state index contributed by atoms with van der Waals surface area (Å²) < 4.78 is 7.66. The van der Waals surface area contributed by atoms with Crippen LogP contribution in [0.3, 0.4) is 0 Å². The van der Waals surface area contributed by atoms with Crippen LogP contribution in [0.5, 0.6) is 0 Å². The van der Waals surface area contributed by atoms with E-state index in [9.17, 15) is 9.59 Å². The van der Waals surface area contributed by atoms with Gasteiger partial charge >= 0.3 is 12.1 Å². The van der Waals surface area contributed by atoms with Crippen molar-refractivity contribution in [3.8, 4) is 0 Å². The summed E-state index contributed by atoms with van der Waals surface area (Å²) in [6.45, 7) is 8.86. The van der Waals surface area contributed by atoms with Crippen LogP contribution in [0.1, 0.15) is 12.8 Å². The first-order valence-electron chi connectivity index (χ1n) is 10.2. The molecule has 0 radical (unpaired) electrons. The number of nitrogens with one attached hydrogen (secondary N) is 2. The van der Waals surface area contributed by atoms with Gasteiger partial charge in [0.1, 0.15) is 12.2 Å². The van der Waals surface area contributed by atoms with Gasteiger partial charge in [-0.1, -0.05) is 19.6 Å². The lowest BCUT2D eigenvalue weighted by molar-refractivity contribution is 0.0899. The van der Waals surface area contributed by atoms with Gasteiger partial charge in [-0.2, -0.15) is 0 Å². The molecule has 3 rings (SSSR count). The molecule has 1 saturated heterocycles. The predicted molar refractivity (Wildman–Crippen MR) is 116 cm³/mol. The van der Waals surface area contributed by atoms with Crippen molar-refractivity contribution in [3.63, 3.8) is 0 Å². The second-order valence-corrected chi connectivity index (χ2v) is 14.4. The molecule has 1 aliphatic heterocycles. The van der Waals surface area contributed by atoms with Crippen LogP contribution in [0.4, 0.5) is 15.4 Å². The van der Waals surface area contributed by atoms with Crippen molar-refractivity contribution in [2.75, 3.05) is 25.0 Å². The number of anilines is 1. The average Bonchev–Trinajstić information content (AvgIpc) is 3.07. The van der Waals surface area contributed by atoms with Gasteiger partial charge in [-0.05, 0) is 25.0 Å². The number of nitrogens with zero attached hydrogens (tertiary/aromatic N) is 4. The number of carbonyl (C=O) groups excluding carboxylic acids is 1. The molecule has 0 spiro atoms. The predicted octanol–water partition coefficient (Wildman–Crippen LogP) is 3.01. The normalized spacial score (nSPS) is 17.2. The molecule has 0 bridgehead atoms. The van der Waals surface area contributed by atoms with E-state index in [-0.39, 0.29) is 12.6 Å². The number of piperidine rings is 1. The molecular weight excluding hydrogens is 404 g/mol. The number of hydrogen-bond donors (Lipinski definition) is 3. The molecule has 164 valence electrons. The maximum Gasteiger partial charge on any atom is 0.407 e. The second kappa shape index (κ2) is 9.43. The second-order valence-electron chi connectivity index (χ2n) is 8.76. The van der Waals surface area contributed by atoms with E-state index in [0.29, 0.717) is 30.3 Å². The molecule has 0 unspecified atom stereocenters. The van der Waals surface area contributed by atoms with Gasteiger partial charge in [0.15, 0.2) is 11.5 Å². The summed E-state index contributed by atoms with van der Waals surface area (Å²) in [6, 6.07) is 2.29. The van der Waals surface area contributed by atoms with Crippen LogP contribution in [0.2, 0.25) is 25.7 Å². The monoisotopic (exact) mass is 434 g/mol. The summed E-state index contributed by atoms with van der Waals surface area (Å²) in [4.78, 5) is 33.5. The molecule has 2 aromatic heterocycles. The van der Waals surface area contributed by atoms with Crippen molar-refractivity contribution in [1.82, 2.24) is 24.8 Å². The molecule has 2 aromatic rings. The van der Waals surface area contributed by atoms with E-state index in [4.69, 9.17) is 9.84 Å². The lowest BCUT2D eigenvalue weighted by Gasteiger charge is -2.31. The molecule has 0 aliphatic carbocycles. The smallest absolute Gasteiger partial charge is 0.407 e. The number of urea groups is 1. The van der Waals surface area contributed by atoms with Crippen LogP contribution in [-0.2, 0) is 11.5 Å². The lowest BCUT2D eigenvalue weighted by atomic mass is 10.1. The first kappa shape index (κ1) is 22.0. The fourth-order valence-electron chi connectivity index (χ4n) is 3.27. The Hall–Kier alpha value is -2.66. The summed E-state index contributed by atoms with van der Waals surface area (Å²) in [7, 11) is -1.12. The Kier molecular flexibility index (Phi) is 6.93. The Morgan fingerprint density at radius 1 is 1.37 bits per heavy atom. The van der Waals surface area contributed by atoms with E-state index in [1.807, 2.05) is 16.8 Å². The zero-order chi connectivity index (χ0) is 21.7. The Bertz CT molecular complexity index is 897. The van der Waals surface area contributed by atoms with Crippen LogP contribution in [0.15, 0.2) is 18.5 Å². The van der Waals surface area contributed by atoms with E-state index in [2.05, 4.69) is 40.2 Å². The summed E-state index contributed by atoms with van der Waals surface area (Å²) in [5.41, 5.74) is 1.36. The summed E-state index contributed by atoms with van der Waals surface area (Å²) in [5, 5.41) is 14.6. The van der Waals surface area contributed by atoms with Crippen molar-refractivity contribution in [1.29, 1.82) is 0 Å². The topological polar surface area (TPSA) is 122 Å². The summed E-state index contributed by atoms with van der Waals surface area (Å²) in [5.74, 6) is 0.336. The molecule has 30 heavy (non-hydrogen) atoms. The first-order chi connectivity index (χ1) is 14.2. The highest BCUT2D eigenvalue weighted by molar-refractivity contribution is 6.76. The highest BCUT2D eigenvalue weighted by atomic mass is 28.3. The van der Waals surface area contributed by atoms with Gasteiger partial charge in [0, 0.05) is 40.0 Å². The van der Waals surface area contributed by atoms with Gasteiger partial charge in [-0.25, -0.2) is 19.6 Å². The minimum atomic E-state index is -1.12. The third-order valence-corrected chi connectivity index (χ3v) is 6.66. The number of likely N-dealkylation sites (tertiary alicyclic amines) is 1. The van der Waals surface area contributed by atoms with Crippen LogP contribution >= 0.6 is 0 Å². The van der Waals surface area contributed by atoms with Crippen LogP contribution in [0, 0.1) is 0 Å². The SMILES string of the molecule is C[Si](C)(C)CCOCn1ccc2nc(NC(=O)N[C@H]3CCCN(C(=O)O)C3)cnc21. The summed E-state index contributed by atoms with van der Waals surface area (Å²) in [6.07, 6.45) is 3.86. The maximum atomic E-state index is 12.3. The van der Waals surface area contributed by atoms with Gasteiger partial charge in [0.05, 0.1) is 6.20 Å². The van der Waals surface area contributed by atoms with Crippen LogP contribution in [-0.4, -0.2) is 70.5 Å². The Morgan fingerprint density at radius 3 is 2.90 bits per heavy atom. The lowest BCUT2D eigenvalue weighted by Crippen LogP contribution is -2.50. The first-order valence-corrected chi connectivity index (χ1v) is 13.9. The van der Waals surface area contributed by atoms with Crippen molar-refractivity contribution in [2.45, 2.75) is 51.3 Å². The molecule has 3 N–H and O–H groups in total. The van der Waals surface area contributed by atoms with E-state index >= 15 is 0 Å². The Balaban J connectivity index is 1.53. The third-order valence-electron chi connectivity index (χ3n) is 4.96. The van der Waals surface area contributed by atoms with Gasteiger partial charge in [0.2, 0.25) is 0 Å². The standard InChI is InChI=1S/C19H30N6O4Si/c1-30(2,3)10-9-29-13-25-8-6-15-17(25)20-11-16(22-15)23-18(26)21-14-5-4-7-24(12-14)19(27)28/h6,8,11,14H,4-5,7,9-10,12-13H2,1-3H3,(H,27,28)(H2,21,22,23,26)/t14-/m0/s1. The third kappa shape index (κ3) is 6.17. The highest BCUT2D eigenvalue weighted by Crippen LogP contribution is 2.15. The van der Waals surface area contributed by atoms with E-state index in [0.717, 1.165) is 25.5 Å². The molecule has 0 aromatic carbocycles. The van der Waals surface area contributed by atoms with Crippen molar-refractivity contribution < 1.29 is 19.4 Å². The molecular formula is C19H30N6O4Si. The number of fused-ring (bicyclic) bond motifs is 1. The van der Waals surface area contributed by atoms with Crippen molar-refractivity contribution in [3.05, 3.63) is 18.5 Å². The fraction of sp³-hybridized carbons (Fsp3) is 0.579. The number of hydrogen-bond acceptors (Lipinski definition) is 5. The quantitative estimate of drug-likeness (QED) is 0.455. The molecule has 11 heteroatoms. The van der Waals surface area contributed by atoms with E-state index < -0.39 is 20.2 Å². The number of aromatic nitrogens is 3. The van der Waals surface area contributed by atoms with Gasteiger partial charge in [-0.15, -0.1) is 0 Å². The molecule has 1 atom stereocenters. The Labute approximate surface area is 176 Å². The fourth-order valence-corrected chi connectivity index (χ4v) is 4.03. The maximum absolute atomic E-state index is 12.3. The minimum absolute atomic E-state index is 0.221. The Morgan fingerprint density at radius 2 is 2.17 bits per heavy atom. The number of carboxylic acid groups (broad SMARTS) is 1. The minimum Gasteiger partial charge on any atom is -0.465 e. The van der Waals surface area contributed by atoms with Crippen molar-refractivity contribution in [2.24, 2.45) is 0 Å². The zero-order valence-corrected chi connectivity index (χ0v) is 18.7. The number of amides is 3. The molecule has 1 aliphatic rings. The van der Waals surface area contributed by atoms with Gasteiger partial charge in [0.25, 0.3) is 0 Å². The van der Waals surface area contributed by atoms with Crippen LogP contribution in [0.25, 0.3) is 11.2 Å². The number of ether oxygens (including phenoxy) is 1. The molecule has 10 nitrogen and oxygen atoms in total. The van der Waals surface area contributed by atoms with E-state index in [1.54, 1.807) is 0 Å². The highest BCUT2D eigenvalue weighted by Gasteiger charge is 2.24. The molecule has 1 fully saturated rings. The zero-order valence-electron chi connectivity index (χ0n) is 17.7. The molecule has 0 saturated carbocycles. The largest absolute Gasteiger partial charge is 0.465 e. The molecule has 3 amide bonds. The van der Waals surface area contributed by atoms with Crippen molar-refractivity contribution >= 4 is 37.2 Å². The number of carbonyl (C=O) groups is 2. The van der Waals surface area contributed by atoms with Gasteiger partial charge < -0.3 is 24.6 Å².